The molecule has 7 heteroatoms. The molecule has 26 heavy (non-hydrogen) atoms. The first-order valence-corrected chi connectivity index (χ1v) is 9.16. The SMILES string of the molecule is O=C(Nc1nc(C2CC2)cs1)c1ccc(NC(=O)c2ccccn2)cc1. The molecular weight excluding hydrogens is 348 g/mol. The highest BCUT2D eigenvalue weighted by atomic mass is 32.1. The van der Waals surface area contributed by atoms with Gasteiger partial charge in [0, 0.05) is 28.7 Å². The van der Waals surface area contributed by atoms with Crippen LogP contribution >= 0.6 is 11.3 Å². The van der Waals surface area contributed by atoms with Gasteiger partial charge in [0.25, 0.3) is 11.8 Å². The van der Waals surface area contributed by atoms with Crippen LogP contribution in [0, 0.1) is 0 Å². The van der Waals surface area contributed by atoms with E-state index in [4.69, 9.17) is 0 Å². The third-order valence-corrected chi connectivity index (χ3v) is 4.82. The molecule has 0 bridgehead atoms. The predicted molar refractivity (Wildman–Crippen MR) is 101 cm³/mol. The summed E-state index contributed by atoms with van der Waals surface area (Å²) in [5, 5.41) is 8.19. The van der Waals surface area contributed by atoms with Gasteiger partial charge < -0.3 is 5.32 Å². The molecule has 6 nitrogen and oxygen atoms in total. The maximum atomic E-state index is 12.3. The highest BCUT2D eigenvalue weighted by Gasteiger charge is 2.26. The smallest absolute Gasteiger partial charge is 0.274 e. The van der Waals surface area contributed by atoms with Gasteiger partial charge in [-0.15, -0.1) is 11.3 Å². The van der Waals surface area contributed by atoms with Crippen LogP contribution in [0.15, 0.2) is 54.0 Å². The lowest BCUT2D eigenvalue weighted by Crippen LogP contribution is -2.14. The molecule has 0 unspecified atom stereocenters. The lowest BCUT2D eigenvalue weighted by atomic mass is 10.2. The fourth-order valence-corrected chi connectivity index (χ4v) is 3.26. The molecule has 1 aliphatic rings. The number of amides is 2. The Morgan fingerprint density at radius 1 is 1.00 bits per heavy atom. The number of carbonyl (C=O) groups is 2. The number of anilines is 2. The molecule has 2 heterocycles. The number of carbonyl (C=O) groups excluding carboxylic acids is 2. The van der Waals surface area contributed by atoms with Crippen LogP contribution < -0.4 is 10.6 Å². The first-order valence-electron chi connectivity index (χ1n) is 8.28. The molecule has 4 rings (SSSR count). The number of hydrogen-bond acceptors (Lipinski definition) is 5. The van der Waals surface area contributed by atoms with Gasteiger partial charge in [-0.05, 0) is 49.2 Å². The van der Waals surface area contributed by atoms with Crippen molar-refractivity contribution in [1.82, 2.24) is 9.97 Å². The van der Waals surface area contributed by atoms with Crippen LogP contribution in [0.25, 0.3) is 0 Å². The molecule has 2 N–H and O–H groups in total. The average Bonchev–Trinajstić information content (AvgIpc) is 3.42. The van der Waals surface area contributed by atoms with Crippen molar-refractivity contribution in [2.75, 3.05) is 10.6 Å². The van der Waals surface area contributed by atoms with Crippen molar-refractivity contribution in [3.8, 4) is 0 Å². The van der Waals surface area contributed by atoms with Crippen LogP contribution in [0.3, 0.4) is 0 Å². The van der Waals surface area contributed by atoms with E-state index >= 15 is 0 Å². The second kappa shape index (κ2) is 7.05. The normalized spacial score (nSPS) is 13.2. The minimum Gasteiger partial charge on any atom is -0.321 e. The largest absolute Gasteiger partial charge is 0.321 e. The number of thiazole rings is 1. The Morgan fingerprint density at radius 3 is 2.50 bits per heavy atom. The van der Waals surface area contributed by atoms with Gasteiger partial charge in [0.2, 0.25) is 0 Å². The van der Waals surface area contributed by atoms with Gasteiger partial charge in [0.15, 0.2) is 5.13 Å². The molecule has 0 aliphatic heterocycles. The van der Waals surface area contributed by atoms with E-state index in [-0.39, 0.29) is 11.8 Å². The molecule has 0 spiro atoms. The number of nitrogens with one attached hydrogen (secondary N) is 2. The van der Waals surface area contributed by atoms with Crippen molar-refractivity contribution in [2.24, 2.45) is 0 Å². The second-order valence-corrected chi connectivity index (χ2v) is 6.91. The van der Waals surface area contributed by atoms with Crippen molar-refractivity contribution in [3.63, 3.8) is 0 Å². The zero-order valence-electron chi connectivity index (χ0n) is 13.8. The molecule has 1 aliphatic carbocycles. The van der Waals surface area contributed by atoms with Crippen LogP contribution in [-0.4, -0.2) is 21.8 Å². The number of benzene rings is 1. The lowest BCUT2D eigenvalue weighted by molar-refractivity contribution is 0.101. The summed E-state index contributed by atoms with van der Waals surface area (Å²) < 4.78 is 0. The summed E-state index contributed by atoms with van der Waals surface area (Å²) in [6.45, 7) is 0. The molecule has 130 valence electrons. The van der Waals surface area contributed by atoms with E-state index in [1.807, 2.05) is 5.38 Å². The van der Waals surface area contributed by atoms with Crippen molar-refractivity contribution < 1.29 is 9.59 Å². The van der Waals surface area contributed by atoms with Gasteiger partial charge in [0.1, 0.15) is 5.69 Å². The van der Waals surface area contributed by atoms with Crippen LogP contribution in [-0.2, 0) is 0 Å². The standard InChI is InChI=1S/C19H16N4O2S/c24-17(23-19-22-16(11-26-19)12-4-5-12)13-6-8-14(9-7-13)21-18(25)15-3-1-2-10-20-15/h1-3,6-12H,4-5H2,(H,21,25)(H,22,23,24). The Balaban J connectivity index is 1.38. The topological polar surface area (TPSA) is 84.0 Å². The summed E-state index contributed by atoms with van der Waals surface area (Å²) in [5.74, 6) is 0.0568. The number of nitrogens with zero attached hydrogens (tertiary/aromatic N) is 2. The number of pyridine rings is 1. The second-order valence-electron chi connectivity index (χ2n) is 6.05. The van der Waals surface area contributed by atoms with Crippen LogP contribution in [0.1, 0.15) is 45.3 Å². The minimum atomic E-state index is -0.293. The van der Waals surface area contributed by atoms with Crippen molar-refractivity contribution in [1.29, 1.82) is 0 Å². The van der Waals surface area contributed by atoms with E-state index < -0.39 is 0 Å². The molecule has 3 aromatic rings. The van der Waals surface area contributed by atoms with E-state index in [0.29, 0.717) is 28.0 Å². The van der Waals surface area contributed by atoms with E-state index in [1.54, 1.807) is 48.7 Å². The molecule has 0 atom stereocenters. The summed E-state index contributed by atoms with van der Waals surface area (Å²) >= 11 is 1.44. The zero-order valence-corrected chi connectivity index (χ0v) is 14.6. The molecular formula is C19H16N4O2S. The third kappa shape index (κ3) is 3.78. The van der Waals surface area contributed by atoms with Gasteiger partial charge in [-0.25, -0.2) is 4.98 Å². The summed E-state index contributed by atoms with van der Waals surface area (Å²) in [4.78, 5) is 32.9. The molecule has 2 amide bonds. The molecule has 0 radical (unpaired) electrons. The fraction of sp³-hybridized carbons (Fsp3) is 0.158. The highest BCUT2D eigenvalue weighted by molar-refractivity contribution is 7.14. The van der Waals surface area contributed by atoms with E-state index in [1.165, 1.54) is 24.2 Å². The predicted octanol–water partition coefficient (Wildman–Crippen LogP) is 3.92. The Labute approximate surface area is 154 Å². The Hall–Kier alpha value is -3.06. The summed E-state index contributed by atoms with van der Waals surface area (Å²) in [7, 11) is 0. The van der Waals surface area contributed by atoms with Gasteiger partial charge in [-0.1, -0.05) is 6.07 Å². The monoisotopic (exact) mass is 364 g/mol. The Bertz CT molecular complexity index is 934. The fourth-order valence-electron chi connectivity index (χ4n) is 2.48. The van der Waals surface area contributed by atoms with Gasteiger partial charge in [-0.2, -0.15) is 0 Å². The maximum absolute atomic E-state index is 12.3. The van der Waals surface area contributed by atoms with Crippen LogP contribution in [0.2, 0.25) is 0 Å². The lowest BCUT2D eigenvalue weighted by Gasteiger charge is -2.06. The maximum Gasteiger partial charge on any atom is 0.274 e. The number of hydrogen-bond donors (Lipinski definition) is 2. The number of aromatic nitrogens is 2. The highest BCUT2D eigenvalue weighted by Crippen LogP contribution is 2.40. The quantitative estimate of drug-likeness (QED) is 0.719. The van der Waals surface area contributed by atoms with Crippen molar-refractivity contribution in [2.45, 2.75) is 18.8 Å². The molecule has 1 saturated carbocycles. The molecule has 1 fully saturated rings. The summed E-state index contributed by atoms with van der Waals surface area (Å²) in [6, 6.07) is 11.8. The molecule has 2 aromatic heterocycles. The minimum absolute atomic E-state index is 0.218. The van der Waals surface area contributed by atoms with Crippen molar-refractivity contribution >= 4 is 34.0 Å². The first kappa shape index (κ1) is 16.4. The van der Waals surface area contributed by atoms with Crippen LogP contribution in [0.4, 0.5) is 10.8 Å². The number of rotatable bonds is 5. The summed E-state index contributed by atoms with van der Waals surface area (Å²) in [5.41, 5.74) is 2.51. The first-order chi connectivity index (χ1) is 12.7. The van der Waals surface area contributed by atoms with Gasteiger partial charge in [-0.3, -0.25) is 19.9 Å². The Morgan fingerprint density at radius 2 is 1.81 bits per heavy atom. The summed E-state index contributed by atoms with van der Waals surface area (Å²) in [6.07, 6.45) is 3.93. The Kier molecular flexibility index (Phi) is 4.45. The van der Waals surface area contributed by atoms with Gasteiger partial charge in [0.05, 0.1) is 5.69 Å². The van der Waals surface area contributed by atoms with Crippen molar-refractivity contribution in [3.05, 3.63) is 71.0 Å². The van der Waals surface area contributed by atoms with E-state index in [9.17, 15) is 9.59 Å². The van der Waals surface area contributed by atoms with Gasteiger partial charge >= 0.3 is 0 Å². The van der Waals surface area contributed by atoms with E-state index in [2.05, 4.69) is 20.6 Å². The third-order valence-electron chi connectivity index (χ3n) is 4.04. The zero-order chi connectivity index (χ0) is 17.9. The molecule has 1 aromatic carbocycles. The molecule has 0 saturated heterocycles. The van der Waals surface area contributed by atoms with Crippen LogP contribution in [0.5, 0.6) is 0 Å². The van der Waals surface area contributed by atoms with E-state index in [0.717, 1.165) is 5.69 Å². The average molecular weight is 364 g/mol.